The molecule has 0 amide bonds. The number of hydrogen-bond acceptors (Lipinski definition) is 3. The SMILES string of the molecule is CC(NCc1ccccc1Cl)c1ccccc1[N+](=O)[O-]. The summed E-state index contributed by atoms with van der Waals surface area (Å²) in [4.78, 5) is 10.7. The summed E-state index contributed by atoms with van der Waals surface area (Å²) < 4.78 is 0. The first-order valence-electron chi connectivity index (χ1n) is 6.29. The zero-order chi connectivity index (χ0) is 14.5. The lowest BCUT2D eigenvalue weighted by Gasteiger charge is -2.15. The molecule has 2 aromatic carbocycles. The Morgan fingerprint density at radius 2 is 1.85 bits per heavy atom. The summed E-state index contributed by atoms with van der Waals surface area (Å²) in [5.74, 6) is 0. The molecule has 0 spiro atoms. The van der Waals surface area contributed by atoms with Gasteiger partial charge in [-0.3, -0.25) is 10.1 Å². The van der Waals surface area contributed by atoms with Crippen LogP contribution in [0.5, 0.6) is 0 Å². The maximum atomic E-state index is 11.0. The van der Waals surface area contributed by atoms with Crippen molar-refractivity contribution in [2.75, 3.05) is 0 Å². The van der Waals surface area contributed by atoms with E-state index in [9.17, 15) is 10.1 Å². The van der Waals surface area contributed by atoms with E-state index in [1.165, 1.54) is 6.07 Å². The van der Waals surface area contributed by atoms with Crippen molar-refractivity contribution < 1.29 is 4.92 Å². The molecule has 0 aliphatic rings. The molecule has 0 aliphatic carbocycles. The second kappa shape index (κ2) is 6.50. The molecule has 0 bridgehead atoms. The minimum Gasteiger partial charge on any atom is -0.306 e. The summed E-state index contributed by atoms with van der Waals surface area (Å²) in [5, 5.41) is 15.0. The summed E-state index contributed by atoms with van der Waals surface area (Å²) in [6.45, 7) is 2.46. The molecule has 5 heteroatoms. The lowest BCUT2D eigenvalue weighted by Crippen LogP contribution is -2.19. The van der Waals surface area contributed by atoms with Gasteiger partial charge < -0.3 is 5.32 Å². The number of rotatable bonds is 5. The molecule has 2 aromatic rings. The van der Waals surface area contributed by atoms with E-state index >= 15 is 0 Å². The van der Waals surface area contributed by atoms with Gasteiger partial charge in [0.1, 0.15) is 0 Å². The van der Waals surface area contributed by atoms with Crippen molar-refractivity contribution in [1.29, 1.82) is 0 Å². The van der Waals surface area contributed by atoms with Gasteiger partial charge in [-0.2, -0.15) is 0 Å². The fourth-order valence-corrected chi connectivity index (χ4v) is 2.24. The number of nitrogens with one attached hydrogen (secondary N) is 1. The zero-order valence-electron chi connectivity index (χ0n) is 11.0. The first-order chi connectivity index (χ1) is 9.59. The van der Waals surface area contributed by atoms with Crippen molar-refractivity contribution in [3.8, 4) is 0 Å². The number of para-hydroxylation sites is 1. The monoisotopic (exact) mass is 290 g/mol. The molecule has 0 heterocycles. The highest BCUT2D eigenvalue weighted by Crippen LogP contribution is 2.25. The van der Waals surface area contributed by atoms with Gasteiger partial charge in [-0.25, -0.2) is 0 Å². The smallest absolute Gasteiger partial charge is 0.274 e. The minimum atomic E-state index is -0.358. The molecular weight excluding hydrogens is 276 g/mol. The Balaban J connectivity index is 2.11. The van der Waals surface area contributed by atoms with Gasteiger partial charge in [-0.1, -0.05) is 48.0 Å². The molecule has 0 saturated carbocycles. The molecule has 20 heavy (non-hydrogen) atoms. The molecule has 4 nitrogen and oxygen atoms in total. The number of halogens is 1. The van der Waals surface area contributed by atoms with E-state index in [0.717, 1.165) is 5.56 Å². The van der Waals surface area contributed by atoms with E-state index in [-0.39, 0.29) is 16.7 Å². The Morgan fingerprint density at radius 1 is 1.20 bits per heavy atom. The van der Waals surface area contributed by atoms with Crippen LogP contribution in [0.1, 0.15) is 24.1 Å². The van der Waals surface area contributed by atoms with Gasteiger partial charge in [0.25, 0.3) is 5.69 Å². The normalized spacial score (nSPS) is 12.1. The third-order valence-corrected chi connectivity index (χ3v) is 3.53. The predicted molar refractivity (Wildman–Crippen MR) is 79.8 cm³/mol. The quantitative estimate of drug-likeness (QED) is 0.666. The third-order valence-electron chi connectivity index (χ3n) is 3.16. The Morgan fingerprint density at radius 3 is 2.55 bits per heavy atom. The summed E-state index contributed by atoms with van der Waals surface area (Å²) >= 11 is 6.09. The van der Waals surface area contributed by atoms with Gasteiger partial charge in [-0.15, -0.1) is 0 Å². The van der Waals surface area contributed by atoms with Gasteiger partial charge >= 0.3 is 0 Å². The highest BCUT2D eigenvalue weighted by atomic mass is 35.5. The number of nitrogens with zero attached hydrogens (tertiary/aromatic N) is 1. The van der Waals surface area contributed by atoms with Gasteiger partial charge in [0.05, 0.1) is 4.92 Å². The van der Waals surface area contributed by atoms with Crippen LogP contribution in [-0.4, -0.2) is 4.92 Å². The Labute approximate surface area is 122 Å². The van der Waals surface area contributed by atoms with Crippen molar-refractivity contribution in [2.24, 2.45) is 0 Å². The van der Waals surface area contributed by atoms with Crippen LogP contribution in [-0.2, 0) is 6.54 Å². The fraction of sp³-hybridized carbons (Fsp3) is 0.200. The van der Waals surface area contributed by atoms with E-state index in [1.807, 2.05) is 31.2 Å². The van der Waals surface area contributed by atoms with Gasteiger partial charge in [0.2, 0.25) is 0 Å². The fourth-order valence-electron chi connectivity index (χ4n) is 2.03. The van der Waals surface area contributed by atoms with Crippen molar-refractivity contribution >= 4 is 17.3 Å². The number of benzene rings is 2. The van der Waals surface area contributed by atoms with Gasteiger partial charge in [0.15, 0.2) is 0 Å². The van der Waals surface area contributed by atoms with Crippen LogP contribution in [0.15, 0.2) is 48.5 Å². The number of nitro groups is 1. The molecular formula is C15H15ClN2O2. The van der Waals surface area contributed by atoms with Crippen molar-refractivity contribution in [3.05, 3.63) is 74.8 Å². The molecule has 0 saturated heterocycles. The molecule has 104 valence electrons. The third kappa shape index (κ3) is 3.35. The van der Waals surface area contributed by atoms with Crippen LogP contribution in [0.25, 0.3) is 0 Å². The molecule has 1 unspecified atom stereocenters. The number of nitro benzene ring substituents is 1. The maximum Gasteiger partial charge on any atom is 0.274 e. The molecule has 0 aliphatic heterocycles. The second-order valence-corrected chi connectivity index (χ2v) is 4.92. The van der Waals surface area contributed by atoms with E-state index in [1.54, 1.807) is 18.2 Å². The molecule has 0 radical (unpaired) electrons. The molecule has 2 rings (SSSR count). The molecule has 1 atom stereocenters. The lowest BCUT2D eigenvalue weighted by atomic mass is 10.1. The van der Waals surface area contributed by atoms with Gasteiger partial charge in [-0.05, 0) is 18.6 Å². The Bertz CT molecular complexity index is 616. The van der Waals surface area contributed by atoms with Crippen molar-refractivity contribution in [1.82, 2.24) is 5.32 Å². The topological polar surface area (TPSA) is 55.2 Å². The van der Waals surface area contributed by atoms with E-state index < -0.39 is 0 Å². The minimum absolute atomic E-state index is 0.131. The van der Waals surface area contributed by atoms with Crippen LogP contribution < -0.4 is 5.32 Å². The molecule has 1 N–H and O–H groups in total. The highest BCUT2D eigenvalue weighted by Gasteiger charge is 2.17. The predicted octanol–water partition coefficient (Wildman–Crippen LogP) is 4.10. The van der Waals surface area contributed by atoms with Crippen LogP contribution in [0.3, 0.4) is 0 Å². The average Bonchev–Trinajstić information content (AvgIpc) is 2.46. The van der Waals surface area contributed by atoms with E-state index in [4.69, 9.17) is 11.6 Å². The summed E-state index contributed by atoms with van der Waals surface area (Å²) in [5.41, 5.74) is 1.77. The Hall–Kier alpha value is -1.91. The van der Waals surface area contributed by atoms with Gasteiger partial charge in [0, 0.05) is 29.2 Å². The van der Waals surface area contributed by atoms with Crippen LogP contribution in [0, 0.1) is 10.1 Å². The highest BCUT2D eigenvalue weighted by molar-refractivity contribution is 6.31. The van der Waals surface area contributed by atoms with E-state index in [0.29, 0.717) is 17.1 Å². The summed E-state index contributed by atoms with van der Waals surface area (Å²) in [6.07, 6.45) is 0. The number of hydrogen-bond donors (Lipinski definition) is 1. The summed E-state index contributed by atoms with van der Waals surface area (Å²) in [6, 6.07) is 14.2. The first-order valence-corrected chi connectivity index (χ1v) is 6.67. The lowest BCUT2D eigenvalue weighted by molar-refractivity contribution is -0.385. The average molecular weight is 291 g/mol. The van der Waals surface area contributed by atoms with E-state index in [2.05, 4.69) is 5.32 Å². The maximum absolute atomic E-state index is 11.0. The zero-order valence-corrected chi connectivity index (χ0v) is 11.8. The van der Waals surface area contributed by atoms with Crippen LogP contribution in [0.4, 0.5) is 5.69 Å². The summed E-state index contributed by atoms with van der Waals surface area (Å²) in [7, 11) is 0. The van der Waals surface area contributed by atoms with Crippen LogP contribution in [0.2, 0.25) is 5.02 Å². The van der Waals surface area contributed by atoms with Crippen LogP contribution >= 0.6 is 11.6 Å². The Kier molecular flexibility index (Phi) is 4.71. The van der Waals surface area contributed by atoms with Crippen molar-refractivity contribution in [3.63, 3.8) is 0 Å². The first kappa shape index (κ1) is 14.5. The standard InChI is InChI=1S/C15H15ClN2O2/c1-11(13-7-3-5-9-15(13)18(19)20)17-10-12-6-2-4-8-14(12)16/h2-9,11,17H,10H2,1H3. The molecule has 0 fully saturated rings. The second-order valence-electron chi connectivity index (χ2n) is 4.51. The largest absolute Gasteiger partial charge is 0.306 e. The van der Waals surface area contributed by atoms with Crippen molar-refractivity contribution in [2.45, 2.75) is 19.5 Å². The molecule has 0 aromatic heterocycles.